The van der Waals surface area contributed by atoms with Gasteiger partial charge in [0.2, 0.25) is 0 Å². The maximum atomic E-state index is 3.66. The Kier molecular flexibility index (Phi) is 6.72. The molecule has 1 heterocycles. The molecule has 0 aromatic heterocycles. The lowest BCUT2D eigenvalue weighted by atomic mass is 10.0. The zero-order valence-corrected chi connectivity index (χ0v) is 14.1. The van der Waals surface area contributed by atoms with Crippen molar-refractivity contribution < 1.29 is 0 Å². The van der Waals surface area contributed by atoms with Gasteiger partial charge in [0.05, 0.1) is 0 Å². The molecule has 0 radical (unpaired) electrons. The second-order valence-corrected chi connectivity index (χ2v) is 6.51. The third kappa shape index (κ3) is 5.12. The fraction of sp³-hybridized carbons (Fsp3) is 0.684. The van der Waals surface area contributed by atoms with E-state index in [1.54, 1.807) is 0 Å². The standard InChI is InChI=1S/C19H32N2/c1-4-18-9-11-19(12-10-18)17(3)20-13-7-15-21-14-6-5-8-16(21)2/h9-12,16-17,20H,4-8,13-15H2,1-3H3. The van der Waals surface area contributed by atoms with E-state index >= 15 is 0 Å². The zero-order valence-electron chi connectivity index (χ0n) is 14.1. The van der Waals surface area contributed by atoms with Gasteiger partial charge in [0.1, 0.15) is 0 Å². The van der Waals surface area contributed by atoms with E-state index < -0.39 is 0 Å². The summed E-state index contributed by atoms with van der Waals surface area (Å²) in [7, 11) is 0. The second-order valence-electron chi connectivity index (χ2n) is 6.51. The number of piperidine rings is 1. The van der Waals surface area contributed by atoms with E-state index in [2.05, 4.69) is 55.3 Å². The molecule has 1 aromatic rings. The average molecular weight is 288 g/mol. The summed E-state index contributed by atoms with van der Waals surface area (Å²) in [6, 6.07) is 10.3. The number of hydrogen-bond acceptors (Lipinski definition) is 2. The number of nitrogens with zero attached hydrogens (tertiary/aromatic N) is 1. The molecule has 0 aliphatic carbocycles. The van der Waals surface area contributed by atoms with Gasteiger partial charge >= 0.3 is 0 Å². The normalized spacial score (nSPS) is 21.4. The van der Waals surface area contributed by atoms with Crippen molar-refractivity contribution in [2.24, 2.45) is 0 Å². The number of nitrogens with one attached hydrogen (secondary N) is 1. The zero-order chi connectivity index (χ0) is 15.1. The first kappa shape index (κ1) is 16.5. The highest BCUT2D eigenvalue weighted by Gasteiger charge is 2.17. The Balaban J connectivity index is 1.67. The Morgan fingerprint density at radius 1 is 1.24 bits per heavy atom. The molecule has 21 heavy (non-hydrogen) atoms. The minimum atomic E-state index is 0.453. The molecule has 2 rings (SSSR count). The lowest BCUT2D eigenvalue weighted by Gasteiger charge is -2.33. The maximum absolute atomic E-state index is 3.66. The summed E-state index contributed by atoms with van der Waals surface area (Å²) >= 11 is 0. The van der Waals surface area contributed by atoms with Crippen LogP contribution >= 0.6 is 0 Å². The third-order valence-corrected chi connectivity index (χ3v) is 4.90. The number of benzene rings is 1. The molecule has 0 amide bonds. The van der Waals surface area contributed by atoms with Crippen LogP contribution in [-0.2, 0) is 6.42 Å². The first-order valence-electron chi connectivity index (χ1n) is 8.77. The van der Waals surface area contributed by atoms with Gasteiger partial charge in [-0.25, -0.2) is 0 Å². The van der Waals surface area contributed by atoms with Crippen LogP contribution in [0.1, 0.15) is 63.6 Å². The lowest BCUT2D eigenvalue weighted by Crippen LogP contribution is -2.39. The minimum Gasteiger partial charge on any atom is -0.310 e. The minimum absolute atomic E-state index is 0.453. The second kappa shape index (κ2) is 8.55. The molecule has 118 valence electrons. The summed E-state index contributed by atoms with van der Waals surface area (Å²) in [5, 5.41) is 3.66. The Bertz CT molecular complexity index is 399. The Labute approximate surface area is 130 Å². The van der Waals surface area contributed by atoms with E-state index in [0.717, 1.165) is 19.0 Å². The summed E-state index contributed by atoms with van der Waals surface area (Å²) in [5.41, 5.74) is 2.82. The molecular formula is C19H32N2. The largest absolute Gasteiger partial charge is 0.310 e. The number of hydrogen-bond donors (Lipinski definition) is 1. The number of likely N-dealkylation sites (tertiary alicyclic amines) is 1. The third-order valence-electron chi connectivity index (χ3n) is 4.90. The highest BCUT2D eigenvalue weighted by Crippen LogP contribution is 2.17. The maximum Gasteiger partial charge on any atom is 0.0291 e. The van der Waals surface area contributed by atoms with E-state index in [1.165, 1.54) is 49.9 Å². The molecule has 1 fully saturated rings. The van der Waals surface area contributed by atoms with Gasteiger partial charge in [0.25, 0.3) is 0 Å². The van der Waals surface area contributed by atoms with Crippen molar-refractivity contribution >= 4 is 0 Å². The van der Waals surface area contributed by atoms with Crippen LogP contribution in [0.2, 0.25) is 0 Å². The number of aryl methyl sites for hydroxylation is 1. The molecule has 2 nitrogen and oxygen atoms in total. The van der Waals surface area contributed by atoms with E-state index in [-0.39, 0.29) is 0 Å². The van der Waals surface area contributed by atoms with Crippen molar-refractivity contribution in [2.45, 2.75) is 65.0 Å². The number of rotatable bonds is 7. The molecule has 1 aliphatic heterocycles. The van der Waals surface area contributed by atoms with Crippen LogP contribution in [0.5, 0.6) is 0 Å². The highest BCUT2D eigenvalue weighted by atomic mass is 15.2. The topological polar surface area (TPSA) is 15.3 Å². The van der Waals surface area contributed by atoms with Gasteiger partial charge in [0.15, 0.2) is 0 Å². The van der Waals surface area contributed by atoms with Gasteiger partial charge in [-0.3, -0.25) is 0 Å². The van der Waals surface area contributed by atoms with Crippen LogP contribution in [0.25, 0.3) is 0 Å². The smallest absolute Gasteiger partial charge is 0.0291 e. The van der Waals surface area contributed by atoms with Crippen molar-refractivity contribution in [1.82, 2.24) is 10.2 Å². The van der Waals surface area contributed by atoms with Gasteiger partial charge < -0.3 is 10.2 Å². The quantitative estimate of drug-likeness (QED) is 0.758. The average Bonchev–Trinajstić information content (AvgIpc) is 2.53. The van der Waals surface area contributed by atoms with E-state index in [4.69, 9.17) is 0 Å². The van der Waals surface area contributed by atoms with Crippen LogP contribution in [0.3, 0.4) is 0 Å². The van der Waals surface area contributed by atoms with Gasteiger partial charge in [-0.1, -0.05) is 37.6 Å². The van der Waals surface area contributed by atoms with E-state index in [0.29, 0.717) is 6.04 Å². The summed E-state index contributed by atoms with van der Waals surface area (Å²) in [6.45, 7) is 10.5. The van der Waals surface area contributed by atoms with Crippen LogP contribution in [0.15, 0.2) is 24.3 Å². The molecule has 2 atom stereocenters. The van der Waals surface area contributed by atoms with Crippen molar-refractivity contribution in [1.29, 1.82) is 0 Å². The van der Waals surface area contributed by atoms with E-state index in [9.17, 15) is 0 Å². The SMILES string of the molecule is CCc1ccc(C(C)NCCCN2CCCCC2C)cc1. The monoisotopic (exact) mass is 288 g/mol. The van der Waals surface area contributed by atoms with Gasteiger partial charge in [0, 0.05) is 12.1 Å². The summed E-state index contributed by atoms with van der Waals surface area (Å²) in [4.78, 5) is 2.66. The molecular weight excluding hydrogens is 256 g/mol. The molecule has 1 aromatic carbocycles. The molecule has 1 aliphatic rings. The molecule has 2 unspecified atom stereocenters. The molecule has 0 spiro atoms. The first-order chi connectivity index (χ1) is 10.2. The first-order valence-corrected chi connectivity index (χ1v) is 8.77. The summed E-state index contributed by atoms with van der Waals surface area (Å²) in [6.07, 6.45) is 6.56. The molecule has 0 bridgehead atoms. The van der Waals surface area contributed by atoms with Crippen LogP contribution in [-0.4, -0.2) is 30.6 Å². The predicted octanol–water partition coefficient (Wildman–Crippen LogP) is 4.16. The molecule has 1 saturated heterocycles. The lowest BCUT2D eigenvalue weighted by molar-refractivity contribution is 0.158. The highest BCUT2D eigenvalue weighted by molar-refractivity contribution is 5.24. The summed E-state index contributed by atoms with van der Waals surface area (Å²) < 4.78 is 0. The fourth-order valence-electron chi connectivity index (χ4n) is 3.25. The van der Waals surface area contributed by atoms with Gasteiger partial charge in [-0.15, -0.1) is 0 Å². The van der Waals surface area contributed by atoms with Crippen LogP contribution < -0.4 is 5.32 Å². The van der Waals surface area contributed by atoms with Crippen molar-refractivity contribution in [2.75, 3.05) is 19.6 Å². The Hall–Kier alpha value is -0.860. The Morgan fingerprint density at radius 2 is 2.00 bits per heavy atom. The van der Waals surface area contributed by atoms with Crippen LogP contribution in [0, 0.1) is 0 Å². The molecule has 1 N–H and O–H groups in total. The van der Waals surface area contributed by atoms with Gasteiger partial charge in [-0.2, -0.15) is 0 Å². The van der Waals surface area contributed by atoms with E-state index in [1.807, 2.05) is 0 Å². The van der Waals surface area contributed by atoms with Crippen molar-refractivity contribution in [3.8, 4) is 0 Å². The fourth-order valence-corrected chi connectivity index (χ4v) is 3.25. The van der Waals surface area contributed by atoms with Crippen molar-refractivity contribution in [3.63, 3.8) is 0 Å². The van der Waals surface area contributed by atoms with Crippen LogP contribution in [0.4, 0.5) is 0 Å². The summed E-state index contributed by atoms with van der Waals surface area (Å²) in [5.74, 6) is 0. The van der Waals surface area contributed by atoms with Gasteiger partial charge in [-0.05, 0) is 70.3 Å². The molecule has 2 heteroatoms. The predicted molar refractivity (Wildman–Crippen MR) is 91.7 cm³/mol. The van der Waals surface area contributed by atoms with Crippen molar-refractivity contribution in [3.05, 3.63) is 35.4 Å². The Morgan fingerprint density at radius 3 is 2.67 bits per heavy atom. The molecule has 0 saturated carbocycles.